The lowest BCUT2D eigenvalue weighted by Gasteiger charge is -2.17. The molecule has 0 aromatic carbocycles. The molecule has 0 aliphatic carbocycles. The monoisotopic (exact) mass is 394 g/mol. The summed E-state index contributed by atoms with van der Waals surface area (Å²) in [6, 6.07) is 3.24. The number of rotatable bonds is 6. The Hall–Kier alpha value is -3.21. The number of halogens is 3. The highest BCUT2D eigenvalue weighted by atomic mass is 19.4. The van der Waals surface area contributed by atoms with Crippen LogP contribution >= 0.6 is 0 Å². The third-order valence-electron chi connectivity index (χ3n) is 3.96. The van der Waals surface area contributed by atoms with E-state index in [1.807, 2.05) is 0 Å². The van der Waals surface area contributed by atoms with Crippen LogP contribution in [0, 0.1) is 0 Å². The highest BCUT2D eigenvalue weighted by molar-refractivity contribution is 5.93. The van der Waals surface area contributed by atoms with Crippen molar-refractivity contribution in [2.45, 2.75) is 25.7 Å². The van der Waals surface area contributed by atoms with Crippen molar-refractivity contribution in [3.63, 3.8) is 0 Å². The molecule has 0 aliphatic rings. The number of nitrogens with zero attached hydrogens (tertiary/aromatic N) is 4. The van der Waals surface area contributed by atoms with Gasteiger partial charge in [0.15, 0.2) is 6.10 Å². The number of hydrogen-bond donors (Lipinski definition) is 3. The van der Waals surface area contributed by atoms with E-state index >= 15 is 0 Å². The van der Waals surface area contributed by atoms with Crippen LogP contribution in [0.2, 0.25) is 0 Å². The lowest BCUT2D eigenvalue weighted by atomic mass is 10.2. The Labute approximate surface area is 157 Å². The van der Waals surface area contributed by atoms with E-state index in [-0.39, 0.29) is 17.0 Å². The molecule has 0 radical (unpaired) electrons. The number of hydrogen-bond acceptors (Lipinski definition) is 7. The highest BCUT2D eigenvalue weighted by Crippen LogP contribution is 2.25. The van der Waals surface area contributed by atoms with Gasteiger partial charge in [-0.05, 0) is 24.4 Å². The molecule has 8 nitrogen and oxygen atoms in total. The van der Waals surface area contributed by atoms with Gasteiger partial charge in [-0.15, -0.1) is 0 Å². The molecule has 3 N–H and O–H groups in total. The molecule has 11 heteroatoms. The van der Waals surface area contributed by atoms with E-state index in [1.54, 1.807) is 25.3 Å². The quantitative estimate of drug-likeness (QED) is 0.589. The van der Waals surface area contributed by atoms with Crippen LogP contribution in [0.5, 0.6) is 0 Å². The SMILES string of the molecule is CCn1ccc2cc(Nc3cnccn3)nc(NCC(O)C(F)(F)F)c2c1=O. The Morgan fingerprint density at radius 3 is 2.71 bits per heavy atom. The van der Waals surface area contributed by atoms with Gasteiger partial charge in [0.25, 0.3) is 5.56 Å². The van der Waals surface area contributed by atoms with E-state index in [0.29, 0.717) is 17.7 Å². The molecule has 0 saturated heterocycles. The second kappa shape index (κ2) is 7.80. The summed E-state index contributed by atoms with van der Waals surface area (Å²) < 4.78 is 39.3. The van der Waals surface area contributed by atoms with Crippen molar-refractivity contribution >= 4 is 28.2 Å². The first-order chi connectivity index (χ1) is 13.3. The molecule has 3 rings (SSSR count). The van der Waals surface area contributed by atoms with E-state index in [4.69, 9.17) is 0 Å². The molecule has 148 valence electrons. The zero-order chi connectivity index (χ0) is 20.3. The fourth-order valence-corrected chi connectivity index (χ4v) is 2.55. The Kier molecular flexibility index (Phi) is 5.45. The van der Waals surface area contributed by atoms with E-state index in [2.05, 4.69) is 25.6 Å². The maximum Gasteiger partial charge on any atom is 0.416 e. The average molecular weight is 394 g/mol. The van der Waals surface area contributed by atoms with Crippen molar-refractivity contribution in [2.24, 2.45) is 0 Å². The summed E-state index contributed by atoms with van der Waals surface area (Å²) in [5.74, 6) is 0.558. The van der Waals surface area contributed by atoms with Crippen molar-refractivity contribution in [2.75, 3.05) is 17.2 Å². The number of aliphatic hydroxyl groups excluding tert-OH is 1. The van der Waals surface area contributed by atoms with Crippen molar-refractivity contribution in [3.8, 4) is 0 Å². The molecule has 0 spiro atoms. The predicted molar refractivity (Wildman–Crippen MR) is 97.5 cm³/mol. The number of aliphatic hydroxyl groups is 1. The molecular formula is C17H17F3N6O2. The van der Waals surface area contributed by atoms with E-state index in [9.17, 15) is 23.1 Å². The summed E-state index contributed by atoms with van der Waals surface area (Å²) in [5, 5.41) is 15.2. The Morgan fingerprint density at radius 2 is 2.07 bits per heavy atom. The number of nitrogens with one attached hydrogen (secondary N) is 2. The van der Waals surface area contributed by atoms with Gasteiger partial charge in [-0.3, -0.25) is 9.78 Å². The second-order valence-electron chi connectivity index (χ2n) is 5.88. The molecule has 0 amide bonds. The molecule has 0 saturated carbocycles. The smallest absolute Gasteiger partial charge is 0.382 e. The van der Waals surface area contributed by atoms with Crippen LogP contribution in [-0.2, 0) is 6.54 Å². The van der Waals surface area contributed by atoms with Crippen molar-refractivity contribution in [1.29, 1.82) is 0 Å². The van der Waals surface area contributed by atoms with Crippen LogP contribution in [-0.4, -0.2) is 43.5 Å². The van der Waals surface area contributed by atoms with Crippen molar-refractivity contribution in [1.82, 2.24) is 19.5 Å². The Morgan fingerprint density at radius 1 is 1.29 bits per heavy atom. The molecule has 1 unspecified atom stereocenters. The summed E-state index contributed by atoms with van der Waals surface area (Å²) in [6.45, 7) is 1.31. The Bertz CT molecular complexity index is 1020. The summed E-state index contributed by atoms with van der Waals surface area (Å²) in [4.78, 5) is 24.8. The van der Waals surface area contributed by atoms with Crippen LogP contribution in [0.25, 0.3) is 10.8 Å². The third kappa shape index (κ3) is 4.19. The fourth-order valence-electron chi connectivity index (χ4n) is 2.55. The minimum atomic E-state index is -4.79. The standard InChI is InChI=1S/C17H17F3N6O2/c1-2-26-6-3-10-7-12(24-13-9-21-4-5-22-13)25-15(14(10)16(26)28)23-8-11(27)17(18,19)20/h3-7,9,11,27H,2,8H2,1H3,(H2,22,23,24,25). The lowest BCUT2D eigenvalue weighted by Crippen LogP contribution is -2.35. The molecule has 3 aromatic heterocycles. The summed E-state index contributed by atoms with van der Waals surface area (Å²) in [5.41, 5.74) is -0.400. The molecule has 0 fully saturated rings. The van der Waals surface area contributed by atoms with Gasteiger partial charge < -0.3 is 20.3 Å². The average Bonchev–Trinajstić information content (AvgIpc) is 2.66. The van der Waals surface area contributed by atoms with E-state index in [1.165, 1.54) is 23.2 Å². The maximum absolute atomic E-state index is 12.6. The highest BCUT2D eigenvalue weighted by Gasteiger charge is 2.38. The van der Waals surface area contributed by atoms with Crippen LogP contribution in [0.15, 0.2) is 41.7 Å². The van der Waals surface area contributed by atoms with Gasteiger partial charge in [0.1, 0.15) is 17.5 Å². The predicted octanol–water partition coefficient (Wildman–Crippen LogP) is 2.29. The lowest BCUT2D eigenvalue weighted by molar-refractivity contribution is -0.198. The van der Waals surface area contributed by atoms with Crippen molar-refractivity contribution in [3.05, 3.63) is 47.3 Å². The number of aromatic nitrogens is 4. The van der Waals surface area contributed by atoms with E-state index in [0.717, 1.165) is 0 Å². The van der Waals surface area contributed by atoms with Gasteiger partial charge in [-0.25, -0.2) is 9.97 Å². The first-order valence-electron chi connectivity index (χ1n) is 8.35. The number of alkyl halides is 3. The first kappa shape index (κ1) is 19.5. The van der Waals surface area contributed by atoms with Gasteiger partial charge in [-0.2, -0.15) is 13.2 Å². The van der Waals surface area contributed by atoms with Crippen LogP contribution in [0.3, 0.4) is 0 Å². The van der Waals surface area contributed by atoms with Crippen molar-refractivity contribution < 1.29 is 18.3 Å². The molecule has 0 bridgehead atoms. The zero-order valence-electron chi connectivity index (χ0n) is 14.7. The van der Waals surface area contributed by atoms with Gasteiger partial charge in [0, 0.05) is 25.1 Å². The topological polar surface area (TPSA) is 105 Å². The van der Waals surface area contributed by atoms with Gasteiger partial charge in [0.05, 0.1) is 18.1 Å². The summed E-state index contributed by atoms with van der Waals surface area (Å²) in [6.07, 6.45) is -1.41. The molecular weight excluding hydrogens is 377 g/mol. The molecule has 3 aromatic rings. The number of anilines is 3. The van der Waals surface area contributed by atoms with Crippen LogP contribution < -0.4 is 16.2 Å². The first-order valence-corrected chi connectivity index (χ1v) is 8.35. The normalized spacial score (nSPS) is 12.8. The minimum Gasteiger partial charge on any atom is -0.382 e. The summed E-state index contributed by atoms with van der Waals surface area (Å²) >= 11 is 0. The van der Waals surface area contributed by atoms with Crippen LogP contribution in [0.1, 0.15) is 6.92 Å². The summed E-state index contributed by atoms with van der Waals surface area (Å²) in [7, 11) is 0. The second-order valence-corrected chi connectivity index (χ2v) is 5.88. The zero-order valence-corrected chi connectivity index (χ0v) is 14.7. The minimum absolute atomic E-state index is 0.0695. The third-order valence-corrected chi connectivity index (χ3v) is 3.96. The number of aryl methyl sites for hydroxylation is 1. The molecule has 1 atom stereocenters. The number of pyridine rings is 2. The molecule has 3 heterocycles. The van der Waals surface area contributed by atoms with Gasteiger partial charge in [-0.1, -0.05) is 0 Å². The van der Waals surface area contributed by atoms with Gasteiger partial charge >= 0.3 is 6.18 Å². The molecule has 28 heavy (non-hydrogen) atoms. The maximum atomic E-state index is 12.6. The largest absolute Gasteiger partial charge is 0.416 e. The van der Waals surface area contributed by atoms with Gasteiger partial charge in [0.2, 0.25) is 0 Å². The molecule has 0 aliphatic heterocycles. The Balaban J connectivity index is 2.04. The fraction of sp³-hybridized carbons (Fsp3) is 0.294. The van der Waals surface area contributed by atoms with E-state index < -0.39 is 24.4 Å². The van der Waals surface area contributed by atoms with Crippen LogP contribution in [0.4, 0.5) is 30.6 Å². The number of fused-ring (bicyclic) bond motifs is 1.